The Labute approximate surface area is 132 Å². The van der Waals surface area contributed by atoms with Crippen LogP contribution >= 0.6 is 11.6 Å². The molecule has 2 aromatic carbocycles. The average molecular weight is 320 g/mol. The Morgan fingerprint density at radius 3 is 2.41 bits per heavy atom. The third-order valence-corrected chi connectivity index (χ3v) is 3.34. The van der Waals surface area contributed by atoms with E-state index in [4.69, 9.17) is 16.7 Å². The summed E-state index contributed by atoms with van der Waals surface area (Å²) >= 11 is 5.78. The summed E-state index contributed by atoms with van der Waals surface area (Å²) in [5.41, 5.74) is 1.24. The van der Waals surface area contributed by atoms with Crippen molar-refractivity contribution in [2.75, 3.05) is 5.32 Å². The van der Waals surface area contributed by atoms with Gasteiger partial charge < -0.3 is 15.5 Å². The fourth-order valence-corrected chi connectivity index (χ4v) is 2.13. The zero-order chi connectivity index (χ0) is 16.3. The lowest BCUT2D eigenvalue weighted by Crippen LogP contribution is -2.15. The van der Waals surface area contributed by atoms with Gasteiger partial charge in [-0.05, 0) is 42.3 Å². The highest BCUT2D eigenvalue weighted by atomic mass is 35.5. The Kier molecular flexibility index (Phi) is 4.68. The number of aryl methyl sites for hydroxylation is 1. The number of halogens is 1. The molecule has 1 amide bonds. The maximum atomic E-state index is 12.0. The molecular weight excluding hydrogens is 306 g/mol. The number of benzene rings is 2. The largest absolute Gasteiger partial charge is 0.507 e. The summed E-state index contributed by atoms with van der Waals surface area (Å²) in [5, 5.41) is 21.9. The number of hydrogen-bond donors (Lipinski definition) is 3. The molecule has 0 heterocycles. The first kappa shape index (κ1) is 15.9. The molecule has 0 aromatic heterocycles. The number of phenols is 1. The smallest absolute Gasteiger partial charge is 0.339 e. The molecule has 0 fully saturated rings. The summed E-state index contributed by atoms with van der Waals surface area (Å²) < 4.78 is 0. The minimum Gasteiger partial charge on any atom is -0.507 e. The lowest BCUT2D eigenvalue weighted by atomic mass is 10.1. The molecule has 0 bridgehead atoms. The Hall–Kier alpha value is -2.53. The Morgan fingerprint density at radius 2 is 1.82 bits per heavy atom. The van der Waals surface area contributed by atoms with Crippen LogP contribution in [0.2, 0.25) is 5.02 Å². The molecule has 6 heteroatoms. The number of carbonyl (C=O) groups excluding carboxylic acids is 1. The topological polar surface area (TPSA) is 86.6 Å². The quantitative estimate of drug-likeness (QED) is 0.755. The molecule has 114 valence electrons. The van der Waals surface area contributed by atoms with E-state index >= 15 is 0 Å². The van der Waals surface area contributed by atoms with E-state index in [0.717, 1.165) is 5.56 Å². The third-order valence-electron chi connectivity index (χ3n) is 3.09. The van der Waals surface area contributed by atoms with E-state index in [2.05, 4.69) is 5.32 Å². The van der Waals surface area contributed by atoms with E-state index in [1.807, 2.05) is 0 Å². The molecule has 2 aromatic rings. The molecule has 0 spiro atoms. The van der Waals surface area contributed by atoms with Crippen molar-refractivity contribution in [2.45, 2.75) is 13.3 Å². The lowest BCUT2D eigenvalue weighted by molar-refractivity contribution is -0.115. The second kappa shape index (κ2) is 6.49. The maximum absolute atomic E-state index is 12.0. The van der Waals surface area contributed by atoms with E-state index in [0.29, 0.717) is 16.3 Å². The van der Waals surface area contributed by atoms with Gasteiger partial charge in [-0.3, -0.25) is 4.79 Å². The van der Waals surface area contributed by atoms with Gasteiger partial charge in [-0.1, -0.05) is 23.7 Å². The summed E-state index contributed by atoms with van der Waals surface area (Å²) in [6.45, 7) is 1.57. The van der Waals surface area contributed by atoms with Crippen molar-refractivity contribution in [1.29, 1.82) is 0 Å². The first-order valence-corrected chi connectivity index (χ1v) is 6.86. The SMILES string of the molecule is Cc1cc(NC(=O)Cc2ccc(Cl)cc2)cc(C(=O)O)c1O. The van der Waals surface area contributed by atoms with Gasteiger partial charge >= 0.3 is 5.97 Å². The van der Waals surface area contributed by atoms with Crippen LogP contribution in [0.4, 0.5) is 5.69 Å². The van der Waals surface area contributed by atoms with Gasteiger partial charge in [0.05, 0.1) is 6.42 Å². The molecule has 5 nitrogen and oxygen atoms in total. The van der Waals surface area contributed by atoms with Crippen molar-refractivity contribution < 1.29 is 19.8 Å². The molecular formula is C16H14ClNO4. The fraction of sp³-hybridized carbons (Fsp3) is 0.125. The van der Waals surface area contributed by atoms with Gasteiger partial charge in [0.25, 0.3) is 0 Å². The van der Waals surface area contributed by atoms with Crippen molar-refractivity contribution in [3.05, 3.63) is 58.1 Å². The Morgan fingerprint density at radius 1 is 1.18 bits per heavy atom. The second-order valence-electron chi connectivity index (χ2n) is 4.85. The zero-order valence-corrected chi connectivity index (χ0v) is 12.5. The lowest BCUT2D eigenvalue weighted by Gasteiger charge is -2.10. The number of carbonyl (C=O) groups is 2. The van der Waals surface area contributed by atoms with Crippen molar-refractivity contribution in [2.24, 2.45) is 0 Å². The predicted molar refractivity (Wildman–Crippen MR) is 83.6 cm³/mol. The van der Waals surface area contributed by atoms with E-state index in [-0.39, 0.29) is 23.6 Å². The first-order chi connectivity index (χ1) is 10.4. The summed E-state index contributed by atoms with van der Waals surface area (Å²) in [7, 11) is 0. The molecule has 0 saturated carbocycles. The summed E-state index contributed by atoms with van der Waals surface area (Å²) in [6, 6.07) is 9.61. The van der Waals surface area contributed by atoms with Crippen LogP contribution in [-0.2, 0) is 11.2 Å². The van der Waals surface area contributed by atoms with Crippen LogP contribution in [-0.4, -0.2) is 22.1 Å². The summed E-state index contributed by atoms with van der Waals surface area (Å²) in [5.74, 6) is -1.85. The Balaban J connectivity index is 2.14. The van der Waals surface area contributed by atoms with Crippen molar-refractivity contribution in [3.63, 3.8) is 0 Å². The Bertz CT molecular complexity index is 726. The molecule has 0 aliphatic carbocycles. The molecule has 0 aliphatic heterocycles. The normalized spacial score (nSPS) is 10.3. The second-order valence-corrected chi connectivity index (χ2v) is 5.28. The molecule has 0 unspecified atom stereocenters. The summed E-state index contributed by atoms with van der Waals surface area (Å²) in [6.07, 6.45) is 0.138. The van der Waals surface area contributed by atoms with Crippen LogP contribution < -0.4 is 5.32 Å². The number of anilines is 1. The molecule has 0 aliphatic rings. The molecule has 0 radical (unpaired) electrons. The molecule has 0 saturated heterocycles. The number of hydrogen-bond acceptors (Lipinski definition) is 3. The highest BCUT2D eigenvalue weighted by Gasteiger charge is 2.14. The van der Waals surface area contributed by atoms with Crippen molar-refractivity contribution in [3.8, 4) is 5.75 Å². The minimum absolute atomic E-state index is 0.138. The number of nitrogens with one attached hydrogen (secondary N) is 1. The van der Waals surface area contributed by atoms with Crippen molar-refractivity contribution in [1.82, 2.24) is 0 Å². The standard InChI is InChI=1S/C16H14ClNO4/c1-9-6-12(8-13(15(9)20)16(21)22)18-14(19)7-10-2-4-11(17)5-3-10/h2-6,8,20H,7H2,1H3,(H,18,19)(H,21,22). The van der Waals surface area contributed by atoms with Crippen LogP contribution in [0.15, 0.2) is 36.4 Å². The van der Waals surface area contributed by atoms with Gasteiger partial charge in [0.1, 0.15) is 11.3 Å². The minimum atomic E-state index is -1.26. The van der Waals surface area contributed by atoms with Crippen molar-refractivity contribution >= 4 is 29.2 Å². The van der Waals surface area contributed by atoms with E-state index in [1.165, 1.54) is 12.1 Å². The molecule has 2 rings (SSSR count). The monoisotopic (exact) mass is 319 g/mol. The van der Waals surface area contributed by atoms with Crippen LogP contribution in [0.25, 0.3) is 0 Å². The molecule has 22 heavy (non-hydrogen) atoms. The molecule has 0 atom stereocenters. The predicted octanol–water partition coefficient (Wildman–Crippen LogP) is 3.23. The van der Waals surface area contributed by atoms with Gasteiger partial charge in [0.15, 0.2) is 0 Å². The number of amides is 1. The fourth-order valence-electron chi connectivity index (χ4n) is 2.01. The zero-order valence-electron chi connectivity index (χ0n) is 11.8. The van der Waals surface area contributed by atoms with Crippen LogP contribution in [0, 0.1) is 6.92 Å². The van der Waals surface area contributed by atoms with Gasteiger partial charge in [-0.25, -0.2) is 4.79 Å². The van der Waals surface area contributed by atoms with E-state index in [1.54, 1.807) is 31.2 Å². The van der Waals surface area contributed by atoms with Crippen LogP contribution in [0.5, 0.6) is 5.75 Å². The van der Waals surface area contributed by atoms with Gasteiger partial charge in [0.2, 0.25) is 5.91 Å². The summed E-state index contributed by atoms with van der Waals surface area (Å²) in [4.78, 5) is 23.0. The number of carboxylic acid groups (broad SMARTS) is 1. The number of carboxylic acids is 1. The highest BCUT2D eigenvalue weighted by Crippen LogP contribution is 2.26. The van der Waals surface area contributed by atoms with Gasteiger partial charge in [-0.2, -0.15) is 0 Å². The average Bonchev–Trinajstić information content (AvgIpc) is 2.44. The van der Waals surface area contributed by atoms with Gasteiger partial charge in [-0.15, -0.1) is 0 Å². The van der Waals surface area contributed by atoms with Crippen LogP contribution in [0.3, 0.4) is 0 Å². The van der Waals surface area contributed by atoms with E-state index < -0.39 is 5.97 Å². The number of aromatic hydroxyl groups is 1. The first-order valence-electron chi connectivity index (χ1n) is 6.48. The number of rotatable bonds is 4. The highest BCUT2D eigenvalue weighted by molar-refractivity contribution is 6.30. The maximum Gasteiger partial charge on any atom is 0.339 e. The van der Waals surface area contributed by atoms with Gasteiger partial charge in [0, 0.05) is 10.7 Å². The molecule has 3 N–H and O–H groups in total. The van der Waals surface area contributed by atoms with Crippen LogP contribution in [0.1, 0.15) is 21.5 Å². The van der Waals surface area contributed by atoms with E-state index in [9.17, 15) is 14.7 Å². The third kappa shape index (κ3) is 3.77. The number of aromatic carboxylic acids is 1.